The van der Waals surface area contributed by atoms with Gasteiger partial charge in [-0.25, -0.2) is 4.39 Å². The molecule has 0 radical (unpaired) electrons. The zero-order valence-electron chi connectivity index (χ0n) is 11.7. The summed E-state index contributed by atoms with van der Waals surface area (Å²) >= 11 is 0. The molecule has 0 spiro atoms. The Morgan fingerprint density at radius 3 is 2.60 bits per heavy atom. The Bertz CT molecular complexity index is 599. The molecule has 0 aliphatic heterocycles. The average molecular weight is 274 g/mol. The molecule has 0 heterocycles. The van der Waals surface area contributed by atoms with Gasteiger partial charge in [-0.3, -0.25) is 0 Å². The van der Waals surface area contributed by atoms with Gasteiger partial charge in [0.05, 0.1) is 0 Å². The lowest BCUT2D eigenvalue weighted by atomic mass is 10.1. The van der Waals surface area contributed by atoms with Crippen LogP contribution in [-0.2, 0) is 6.54 Å². The van der Waals surface area contributed by atoms with Crippen molar-refractivity contribution >= 4 is 5.69 Å². The number of hydrogen-bond donors (Lipinski definition) is 2. The summed E-state index contributed by atoms with van der Waals surface area (Å²) in [6.45, 7) is 2.39. The van der Waals surface area contributed by atoms with Gasteiger partial charge in [-0.05, 0) is 30.7 Å². The Morgan fingerprint density at radius 1 is 1.25 bits per heavy atom. The summed E-state index contributed by atoms with van der Waals surface area (Å²) in [5.74, 6) is -0.0605. The maximum Gasteiger partial charge on any atom is 0.123 e. The maximum absolute atomic E-state index is 13.2. The van der Waals surface area contributed by atoms with Crippen LogP contribution in [0.1, 0.15) is 24.1 Å². The smallest absolute Gasteiger partial charge is 0.123 e. The molecule has 0 aliphatic rings. The lowest BCUT2D eigenvalue weighted by Crippen LogP contribution is -2.16. The molecule has 2 aromatic rings. The number of anilines is 1. The first-order valence-corrected chi connectivity index (χ1v) is 6.51. The molecule has 4 heteroatoms. The first-order chi connectivity index (χ1) is 9.47. The van der Waals surface area contributed by atoms with Crippen molar-refractivity contribution in [1.82, 2.24) is 0 Å². The predicted molar refractivity (Wildman–Crippen MR) is 79.2 cm³/mol. The van der Waals surface area contributed by atoms with Crippen molar-refractivity contribution in [3.63, 3.8) is 0 Å². The van der Waals surface area contributed by atoms with Gasteiger partial charge >= 0.3 is 0 Å². The molecular weight excluding hydrogens is 255 g/mol. The van der Waals surface area contributed by atoms with Crippen LogP contribution in [0.15, 0.2) is 42.5 Å². The molecule has 20 heavy (non-hydrogen) atoms. The Balaban J connectivity index is 2.17. The SMILES string of the molecule is CC(N)c1ccc(N(C)Cc2cccc(F)c2)cc1O. The first kappa shape index (κ1) is 14.3. The Morgan fingerprint density at radius 2 is 2.00 bits per heavy atom. The summed E-state index contributed by atoms with van der Waals surface area (Å²) in [6.07, 6.45) is 0. The van der Waals surface area contributed by atoms with E-state index in [1.165, 1.54) is 12.1 Å². The van der Waals surface area contributed by atoms with E-state index < -0.39 is 0 Å². The minimum Gasteiger partial charge on any atom is -0.508 e. The minimum absolute atomic E-state index is 0.184. The van der Waals surface area contributed by atoms with Gasteiger partial charge in [-0.15, -0.1) is 0 Å². The normalized spacial score (nSPS) is 12.2. The monoisotopic (exact) mass is 274 g/mol. The van der Waals surface area contributed by atoms with Crippen LogP contribution in [0.2, 0.25) is 0 Å². The van der Waals surface area contributed by atoms with Gasteiger partial charge in [0.15, 0.2) is 0 Å². The van der Waals surface area contributed by atoms with E-state index in [4.69, 9.17) is 5.73 Å². The molecule has 2 aromatic carbocycles. The third-order valence-corrected chi connectivity index (χ3v) is 3.25. The number of nitrogens with two attached hydrogens (primary N) is 1. The molecule has 0 aliphatic carbocycles. The van der Waals surface area contributed by atoms with Crippen LogP contribution in [0.5, 0.6) is 5.75 Å². The predicted octanol–water partition coefficient (Wildman–Crippen LogP) is 3.19. The summed E-state index contributed by atoms with van der Waals surface area (Å²) in [4.78, 5) is 1.94. The van der Waals surface area contributed by atoms with E-state index in [2.05, 4.69) is 0 Å². The molecule has 1 unspecified atom stereocenters. The molecular formula is C16H19FN2O. The third kappa shape index (κ3) is 3.27. The molecule has 3 nitrogen and oxygen atoms in total. The fraction of sp³-hybridized carbons (Fsp3) is 0.250. The van der Waals surface area contributed by atoms with Crippen molar-refractivity contribution in [2.24, 2.45) is 5.73 Å². The summed E-state index contributed by atoms with van der Waals surface area (Å²) in [7, 11) is 1.89. The van der Waals surface area contributed by atoms with Gasteiger partial charge in [-0.1, -0.05) is 18.2 Å². The van der Waals surface area contributed by atoms with Crippen molar-refractivity contribution in [1.29, 1.82) is 0 Å². The standard InChI is InChI=1S/C16H19FN2O/c1-11(18)15-7-6-14(9-16(15)20)19(2)10-12-4-3-5-13(17)8-12/h3-9,11,20H,10,18H2,1-2H3. The zero-order valence-corrected chi connectivity index (χ0v) is 11.7. The highest BCUT2D eigenvalue weighted by Crippen LogP contribution is 2.28. The van der Waals surface area contributed by atoms with E-state index in [-0.39, 0.29) is 17.6 Å². The number of nitrogens with zero attached hydrogens (tertiary/aromatic N) is 1. The zero-order chi connectivity index (χ0) is 14.7. The van der Waals surface area contributed by atoms with Crippen LogP contribution >= 0.6 is 0 Å². The lowest BCUT2D eigenvalue weighted by Gasteiger charge is -2.21. The number of aromatic hydroxyl groups is 1. The Kier molecular flexibility index (Phi) is 4.25. The second-order valence-electron chi connectivity index (χ2n) is 5.02. The molecule has 106 valence electrons. The quantitative estimate of drug-likeness (QED) is 0.900. The van der Waals surface area contributed by atoms with E-state index >= 15 is 0 Å². The van der Waals surface area contributed by atoms with Crippen molar-refractivity contribution in [3.05, 3.63) is 59.4 Å². The first-order valence-electron chi connectivity index (χ1n) is 6.51. The number of benzene rings is 2. The summed E-state index contributed by atoms with van der Waals surface area (Å²) in [5, 5.41) is 9.95. The Hall–Kier alpha value is -2.07. The summed E-state index contributed by atoms with van der Waals surface area (Å²) < 4.78 is 13.2. The van der Waals surface area contributed by atoms with Gasteiger partial charge in [0, 0.05) is 37.0 Å². The van der Waals surface area contributed by atoms with Gasteiger partial charge < -0.3 is 15.7 Å². The van der Waals surface area contributed by atoms with Gasteiger partial charge in [0.2, 0.25) is 0 Å². The number of hydrogen-bond acceptors (Lipinski definition) is 3. The third-order valence-electron chi connectivity index (χ3n) is 3.25. The van der Waals surface area contributed by atoms with Crippen molar-refractivity contribution in [2.75, 3.05) is 11.9 Å². The van der Waals surface area contributed by atoms with Crippen LogP contribution in [0.25, 0.3) is 0 Å². The van der Waals surface area contributed by atoms with Crippen molar-refractivity contribution in [2.45, 2.75) is 19.5 Å². The fourth-order valence-corrected chi connectivity index (χ4v) is 2.16. The van der Waals surface area contributed by atoms with Gasteiger partial charge in [0.1, 0.15) is 11.6 Å². The van der Waals surface area contributed by atoms with E-state index in [1.807, 2.05) is 37.1 Å². The molecule has 1 atom stereocenters. The molecule has 0 saturated heterocycles. The van der Waals surface area contributed by atoms with Crippen LogP contribution in [-0.4, -0.2) is 12.2 Å². The average Bonchev–Trinajstić information content (AvgIpc) is 2.38. The molecule has 2 rings (SSSR count). The van der Waals surface area contributed by atoms with Crippen molar-refractivity contribution < 1.29 is 9.50 Å². The summed E-state index contributed by atoms with van der Waals surface area (Å²) in [5.41, 5.74) is 8.22. The Labute approximate surface area is 118 Å². The van der Waals surface area contributed by atoms with Gasteiger partial charge in [0.25, 0.3) is 0 Å². The van der Waals surface area contributed by atoms with Crippen LogP contribution in [0.3, 0.4) is 0 Å². The molecule has 0 bridgehead atoms. The van der Waals surface area contributed by atoms with Crippen LogP contribution < -0.4 is 10.6 Å². The highest BCUT2D eigenvalue weighted by Gasteiger charge is 2.09. The van der Waals surface area contributed by atoms with Crippen LogP contribution in [0.4, 0.5) is 10.1 Å². The molecule has 0 fully saturated rings. The lowest BCUT2D eigenvalue weighted by molar-refractivity contribution is 0.464. The number of halogens is 1. The largest absolute Gasteiger partial charge is 0.508 e. The molecule has 0 amide bonds. The molecule has 0 aromatic heterocycles. The number of phenolic OH excluding ortho intramolecular Hbond substituents is 1. The topological polar surface area (TPSA) is 49.5 Å². The molecule has 3 N–H and O–H groups in total. The van der Waals surface area contributed by atoms with Crippen LogP contribution in [0, 0.1) is 5.82 Å². The van der Waals surface area contributed by atoms with E-state index in [0.717, 1.165) is 11.3 Å². The highest BCUT2D eigenvalue weighted by molar-refractivity contribution is 5.53. The second-order valence-corrected chi connectivity index (χ2v) is 5.02. The summed E-state index contributed by atoms with van der Waals surface area (Å²) in [6, 6.07) is 11.7. The number of rotatable bonds is 4. The van der Waals surface area contributed by atoms with E-state index in [9.17, 15) is 9.50 Å². The maximum atomic E-state index is 13.2. The number of phenols is 1. The van der Waals surface area contributed by atoms with E-state index in [1.54, 1.807) is 12.1 Å². The van der Waals surface area contributed by atoms with E-state index in [0.29, 0.717) is 12.1 Å². The minimum atomic E-state index is -0.244. The van der Waals surface area contributed by atoms with Crippen molar-refractivity contribution in [3.8, 4) is 5.75 Å². The van der Waals surface area contributed by atoms with Gasteiger partial charge in [-0.2, -0.15) is 0 Å². The second kappa shape index (κ2) is 5.92. The fourth-order valence-electron chi connectivity index (χ4n) is 2.16. The molecule has 0 saturated carbocycles. The highest BCUT2D eigenvalue weighted by atomic mass is 19.1.